The van der Waals surface area contributed by atoms with Gasteiger partial charge in [-0.3, -0.25) is 4.79 Å². The molecule has 0 radical (unpaired) electrons. The molecule has 3 aromatic heterocycles. The van der Waals surface area contributed by atoms with Crippen LogP contribution in [0.15, 0.2) is 41.1 Å². The van der Waals surface area contributed by atoms with Crippen molar-refractivity contribution < 1.29 is 9.21 Å². The molecule has 6 nitrogen and oxygen atoms in total. The molecule has 3 aromatic rings. The van der Waals surface area contributed by atoms with Gasteiger partial charge in [-0.15, -0.1) is 0 Å². The van der Waals surface area contributed by atoms with E-state index >= 15 is 0 Å². The van der Waals surface area contributed by atoms with Crippen LogP contribution in [0.5, 0.6) is 0 Å². The standard InChI is InChI=1S/C20H26N4O2/c1-3-13-24-18(23-17-7-4-12-21-20(17)24)10-11-19(25)22-15(2)8-9-16-6-5-14-26-16/h4-7,12,14-15H,3,8-11,13H2,1-2H3,(H,22,25). The SMILES string of the molecule is CCCn1c(CCC(=O)NC(C)CCc2ccco2)nc2cccnc21. The lowest BCUT2D eigenvalue weighted by molar-refractivity contribution is -0.121. The molecular weight excluding hydrogens is 328 g/mol. The van der Waals surface area contributed by atoms with Crippen LogP contribution in [0.2, 0.25) is 0 Å². The maximum absolute atomic E-state index is 12.3. The minimum atomic E-state index is 0.0556. The normalized spacial score (nSPS) is 12.4. The molecule has 0 aliphatic heterocycles. The summed E-state index contributed by atoms with van der Waals surface area (Å²) in [4.78, 5) is 21.4. The van der Waals surface area contributed by atoms with Crippen LogP contribution in [-0.4, -0.2) is 26.5 Å². The van der Waals surface area contributed by atoms with E-state index < -0.39 is 0 Å². The lowest BCUT2D eigenvalue weighted by atomic mass is 10.1. The Kier molecular flexibility index (Phi) is 6.04. The zero-order chi connectivity index (χ0) is 18.4. The van der Waals surface area contributed by atoms with Crippen molar-refractivity contribution in [2.45, 2.75) is 58.5 Å². The first kappa shape index (κ1) is 18.2. The number of imidazole rings is 1. The second-order valence-corrected chi connectivity index (χ2v) is 6.61. The smallest absolute Gasteiger partial charge is 0.220 e. The summed E-state index contributed by atoms with van der Waals surface area (Å²) in [6, 6.07) is 7.82. The minimum Gasteiger partial charge on any atom is -0.469 e. The van der Waals surface area contributed by atoms with E-state index in [-0.39, 0.29) is 11.9 Å². The molecule has 0 spiro atoms. The predicted molar refractivity (Wildman–Crippen MR) is 101 cm³/mol. The fourth-order valence-electron chi connectivity index (χ4n) is 3.11. The third kappa shape index (κ3) is 4.50. The van der Waals surface area contributed by atoms with E-state index in [1.807, 2.05) is 31.2 Å². The Morgan fingerprint density at radius 3 is 2.96 bits per heavy atom. The maximum Gasteiger partial charge on any atom is 0.220 e. The summed E-state index contributed by atoms with van der Waals surface area (Å²) in [7, 11) is 0. The molecule has 1 amide bonds. The van der Waals surface area contributed by atoms with Crippen LogP contribution in [0.4, 0.5) is 0 Å². The fraction of sp³-hybridized carbons (Fsp3) is 0.450. The zero-order valence-electron chi connectivity index (χ0n) is 15.4. The molecule has 0 bridgehead atoms. The molecule has 0 aliphatic carbocycles. The highest BCUT2D eigenvalue weighted by atomic mass is 16.3. The second-order valence-electron chi connectivity index (χ2n) is 6.61. The van der Waals surface area contributed by atoms with Crippen LogP contribution in [0, 0.1) is 0 Å². The Labute approximate surface area is 153 Å². The van der Waals surface area contributed by atoms with E-state index in [9.17, 15) is 4.79 Å². The summed E-state index contributed by atoms with van der Waals surface area (Å²) in [6.07, 6.45) is 7.20. The first-order valence-electron chi connectivity index (χ1n) is 9.29. The van der Waals surface area contributed by atoms with Gasteiger partial charge in [0.2, 0.25) is 5.91 Å². The highest BCUT2D eigenvalue weighted by Crippen LogP contribution is 2.15. The Hall–Kier alpha value is -2.63. The van der Waals surface area contributed by atoms with Gasteiger partial charge in [-0.2, -0.15) is 0 Å². The number of fused-ring (bicyclic) bond motifs is 1. The van der Waals surface area contributed by atoms with Crippen molar-refractivity contribution in [2.75, 3.05) is 0 Å². The summed E-state index contributed by atoms with van der Waals surface area (Å²) in [5.74, 6) is 1.94. The van der Waals surface area contributed by atoms with Crippen LogP contribution in [0.3, 0.4) is 0 Å². The predicted octanol–water partition coefficient (Wildman–Crippen LogP) is 3.50. The van der Waals surface area contributed by atoms with Gasteiger partial charge in [0.25, 0.3) is 0 Å². The maximum atomic E-state index is 12.3. The van der Waals surface area contributed by atoms with E-state index in [0.29, 0.717) is 12.8 Å². The van der Waals surface area contributed by atoms with E-state index in [2.05, 4.69) is 26.8 Å². The molecule has 6 heteroatoms. The molecule has 3 heterocycles. The number of hydrogen-bond acceptors (Lipinski definition) is 4. The van der Waals surface area contributed by atoms with Crippen molar-refractivity contribution in [1.82, 2.24) is 19.9 Å². The number of nitrogens with zero attached hydrogens (tertiary/aromatic N) is 3. The van der Waals surface area contributed by atoms with Gasteiger partial charge in [-0.1, -0.05) is 6.92 Å². The molecule has 0 fully saturated rings. The van der Waals surface area contributed by atoms with Gasteiger partial charge in [0.05, 0.1) is 6.26 Å². The quantitative estimate of drug-likeness (QED) is 0.638. The fourth-order valence-corrected chi connectivity index (χ4v) is 3.11. The second kappa shape index (κ2) is 8.65. The molecule has 0 saturated carbocycles. The number of aromatic nitrogens is 3. The number of carbonyl (C=O) groups excluding carboxylic acids is 1. The highest BCUT2D eigenvalue weighted by Gasteiger charge is 2.14. The van der Waals surface area contributed by atoms with E-state index in [4.69, 9.17) is 4.42 Å². The van der Waals surface area contributed by atoms with Crippen molar-refractivity contribution in [2.24, 2.45) is 0 Å². The Balaban J connectivity index is 1.54. The number of nitrogens with one attached hydrogen (secondary N) is 1. The number of carbonyl (C=O) groups is 1. The molecule has 0 saturated heterocycles. The van der Waals surface area contributed by atoms with Crippen molar-refractivity contribution in [1.29, 1.82) is 0 Å². The molecule has 138 valence electrons. The van der Waals surface area contributed by atoms with Crippen LogP contribution in [-0.2, 0) is 24.2 Å². The van der Waals surface area contributed by atoms with Crippen molar-refractivity contribution in [3.63, 3.8) is 0 Å². The third-order valence-corrected chi connectivity index (χ3v) is 4.42. The zero-order valence-corrected chi connectivity index (χ0v) is 15.4. The molecule has 1 N–H and O–H groups in total. The van der Waals surface area contributed by atoms with Crippen LogP contribution in [0.25, 0.3) is 11.2 Å². The molecule has 26 heavy (non-hydrogen) atoms. The highest BCUT2D eigenvalue weighted by molar-refractivity contribution is 5.76. The molecule has 1 atom stereocenters. The largest absolute Gasteiger partial charge is 0.469 e. The summed E-state index contributed by atoms with van der Waals surface area (Å²) < 4.78 is 7.46. The van der Waals surface area contributed by atoms with Gasteiger partial charge in [-0.05, 0) is 44.0 Å². The summed E-state index contributed by atoms with van der Waals surface area (Å²) in [5, 5.41) is 3.06. The molecule has 0 aromatic carbocycles. The van der Waals surface area contributed by atoms with Crippen molar-refractivity contribution in [3.05, 3.63) is 48.3 Å². The number of amides is 1. The van der Waals surface area contributed by atoms with Crippen molar-refractivity contribution >= 4 is 17.1 Å². The minimum absolute atomic E-state index is 0.0556. The monoisotopic (exact) mass is 354 g/mol. The van der Waals surface area contributed by atoms with Crippen molar-refractivity contribution in [3.8, 4) is 0 Å². The van der Waals surface area contributed by atoms with Gasteiger partial charge in [0.1, 0.15) is 17.1 Å². The number of furan rings is 1. The lowest BCUT2D eigenvalue weighted by Crippen LogP contribution is -2.33. The number of rotatable bonds is 9. The molecule has 0 aliphatic rings. The average Bonchev–Trinajstić information content (AvgIpc) is 3.27. The Morgan fingerprint density at radius 1 is 1.31 bits per heavy atom. The topological polar surface area (TPSA) is 73.0 Å². The van der Waals surface area contributed by atoms with Crippen LogP contribution < -0.4 is 5.32 Å². The first-order valence-corrected chi connectivity index (χ1v) is 9.29. The van der Waals surface area contributed by atoms with Crippen LogP contribution >= 0.6 is 0 Å². The first-order chi connectivity index (χ1) is 12.7. The third-order valence-electron chi connectivity index (χ3n) is 4.42. The van der Waals surface area contributed by atoms with Gasteiger partial charge >= 0.3 is 0 Å². The lowest BCUT2D eigenvalue weighted by Gasteiger charge is -2.13. The van der Waals surface area contributed by atoms with Crippen LogP contribution in [0.1, 0.15) is 44.7 Å². The Morgan fingerprint density at radius 2 is 2.19 bits per heavy atom. The number of hydrogen-bond donors (Lipinski definition) is 1. The molecule has 1 unspecified atom stereocenters. The van der Waals surface area contributed by atoms with E-state index in [1.165, 1.54) is 0 Å². The Bertz CT molecular complexity index is 839. The summed E-state index contributed by atoms with van der Waals surface area (Å²) in [6.45, 7) is 5.02. The van der Waals surface area contributed by atoms with Gasteiger partial charge in [0, 0.05) is 38.0 Å². The number of pyridine rings is 1. The average molecular weight is 354 g/mol. The van der Waals surface area contributed by atoms with E-state index in [0.717, 1.165) is 48.6 Å². The summed E-state index contributed by atoms with van der Waals surface area (Å²) in [5.41, 5.74) is 1.79. The van der Waals surface area contributed by atoms with Gasteiger partial charge in [-0.25, -0.2) is 9.97 Å². The summed E-state index contributed by atoms with van der Waals surface area (Å²) >= 11 is 0. The van der Waals surface area contributed by atoms with Gasteiger partial charge < -0.3 is 14.3 Å². The molecular formula is C20H26N4O2. The van der Waals surface area contributed by atoms with Gasteiger partial charge in [0.15, 0.2) is 5.65 Å². The molecule has 3 rings (SSSR count). The van der Waals surface area contributed by atoms with E-state index in [1.54, 1.807) is 12.5 Å². The number of aryl methyl sites for hydroxylation is 3.